The van der Waals surface area contributed by atoms with Gasteiger partial charge in [-0.25, -0.2) is 0 Å². The molecule has 0 spiro atoms. The van der Waals surface area contributed by atoms with Crippen molar-refractivity contribution in [1.82, 2.24) is 10.2 Å². The van der Waals surface area contributed by atoms with Gasteiger partial charge < -0.3 is 15.2 Å². The van der Waals surface area contributed by atoms with Crippen molar-refractivity contribution in [2.24, 2.45) is 0 Å². The van der Waals surface area contributed by atoms with E-state index in [1.54, 1.807) is 13.2 Å². The van der Waals surface area contributed by atoms with Gasteiger partial charge >= 0.3 is 0 Å². The van der Waals surface area contributed by atoms with Crippen molar-refractivity contribution in [3.63, 3.8) is 0 Å². The average molecular weight is 306 g/mol. The van der Waals surface area contributed by atoms with Crippen molar-refractivity contribution >= 4 is 5.91 Å². The average Bonchev–Trinajstić information content (AvgIpc) is 2.54. The predicted molar refractivity (Wildman–Crippen MR) is 86.4 cm³/mol. The summed E-state index contributed by atoms with van der Waals surface area (Å²) in [5.74, 6) is 0.484. The Labute approximate surface area is 132 Å². The molecule has 2 N–H and O–H groups in total. The molecule has 1 aromatic carbocycles. The molecule has 1 unspecified atom stereocenters. The zero-order valence-corrected chi connectivity index (χ0v) is 13.5. The SMILES string of the molecule is COc1cc(C)ccc1C(=O)NCCN1CCCCC1CO. The number of benzene rings is 1. The first-order chi connectivity index (χ1) is 10.7. The van der Waals surface area contributed by atoms with Gasteiger partial charge in [0.15, 0.2) is 0 Å². The number of likely N-dealkylation sites (tertiary alicyclic amines) is 1. The van der Waals surface area contributed by atoms with Crippen molar-refractivity contribution < 1.29 is 14.6 Å². The van der Waals surface area contributed by atoms with E-state index in [4.69, 9.17) is 4.74 Å². The van der Waals surface area contributed by atoms with Gasteiger partial charge in [0, 0.05) is 19.1 Å². The maximum atomic E-state index is 12.3. The molecule has 1 aliphatic heterocycles. The molecule has 5 nitrogen and oxygen atoms in total. The summed E-state index contributed by atoms with van der Waals surface area (Å²) < 4.78 is 5.27. The summed E-state index contributed by atoms with van der Waals surface area (Å²) in [7, 11) is 1.57. The Morgan fingerprint density at radius 1 is 1.45 bits per heavy atom. The molecule has 1 heterocycles. The van der Waals surface area contributed by atoms with E-state index in [1.165, 1.54) is 6.42 Å². The third-order valence-electron chi connectivity index (χ3n) is 4.25. The topological polar surface area (TPSA) is 61.8 Å². The van der Waals surface area contributed by atoms with Crippen LogP contribution in [0.3, 0.4) is 0 Å². The Hall–Kier alpha value is -1.59. The van der Waals surface area contributed by atoms with Crippen LogP contribution in [0, 0.1) is 6.92 Å². The molecule has 1 atom stereocenters. The van der Waals surface area contributed by atoms with Crippen molar-refractivity contribution in [3.05, 3.63) is 29.3 Å². The minimum absolute atomic E-state index is 0.116. The normalized spacial score (nSPS) is 19.0. The number of rotatable bonds is 6. The molecule has 2 rings (SSSR count). The number of amides is 1. The zero-order chi connectivity index (χ0) is 15.9. The maximum Gasteiger partial charge on any atom is 0.255 e. The van der Waals surface area contributed by atoms with Crippen LogP contribution < -0.4 is 10.1 Å². The number of carbonyl (C=O) groups excluding carboxylic acids is 1. The van der Waals surface area contributed by atoms with E-state index in [0.717, 1.165) is 31.5 Å². The summed E-state index contributed by atoms with van der Waals surface area (Å²) in [6, 6.07) is 5.80. The highest BCUT2D eigenvalue weighted by Gasteiger charge is 2.21. The quantitative estimate of drug-likeness (QED) is 0.838. The number of piperidine rings is 1. The van der Waals surface area contributed by atoms with Gasteiger partial charge in [-0.2, -0.15) is 0 Å². The number of ether oxygens (including phenoxy) is 1. The van der Waals surface area contributed by atoms with Crippen LogP contribution in [0.2, 0.25) is 0 Å². The number of nitrogens with one attached hydrogen (secondary N) is 1. The first kappa shape index (κ1) is 16.8. The fraction of sp³-hybridized carbons (Fsp3) is 0.588. The van der Waals surface area contributed by atoms with E-state index in [-0.39, 0.29) is 18.6 Å². The smallest absolute Gasteiger partial charge is 0.255 e. The number of aliphatic hydroxyl groups excluding tert-OH is 1. The third-order valence-corrected chi connectivity index (χ3v) is 4.25. The molecule has 0 bridgehead atoms. The highest BCUT2D eigenvalue weighted by molar-refractivity contribution is 5.97. The van der Waals surface area contributed by atoms with E-state index < -0.39 is 0 Å². The van der Waals surface area contributed by atoms with E-state index in [1.807, 2.05) is 19.1 Å². The Morgan fingerprint density at radius 2 is 2.27 bits per heavy atom. The van der Waals surface area contributed by atoms with Gasteiger partial charge in [0.25, 0.3) is 5.91 Å². The molecule has 122 valence electrons. The van der Waals surface area contributed by atoms with Gasteiger partial charge in [0.2, 0.25) is 0 Å². The van der Waals surface area contributed by atoms with Crippen molar-refractivity contribution in [2.75, 3.05) is 33.4 Å². The largest absolute Gasteiger partial charge is 0.496 e. The van der Waals surface area contributed by atoms with E-state index in [0.29, 0.717) is 17.9 Å². The van der Waals surface area contributed by atoms with Crippen LogP contribution in [0.4, 0.5) is 0 Å². The lowest BCUT2D eigenvalue weighted by Crippen LogP contribution is -2.45. The summed E-state index contributed by atoms with van der Waals surface area (Å²) in [5.41, 5.74) is 1.62. The second kappa shape index (κ2) is 8.15. The van der Waals surface area contributed by atoms with Crippen LogP contribution in [0.1, 0.15) is 35.2 Å². The Morgan fingerprint density at radius 3 is 3.00 bits per heavy atom. The first-order valence-corrected chi connectivity index (χ1v) is 7.93. The summed E-state index contributed by atoms with van der Waals surface area (Å²) in [6.45, 7) is 4.50. The molecule has 22 heavy (non-hydrogen) atoms. The van der Waals surface area contributed by atoms with Crippen LogP contribution in [0.5, 0.6) is 5.75 Å². The van der Waals surface area contributed by atoms with Crippen LogP contribution in [0.25, 0.3) is 0 Å². The molecule has 0 aromatic heterocycles. The third kappa shape index (κ3) is 4.21. The number of hydrogen-bond donors (Lipinski definition) is 2. The summed E-state index contributed by atoms with van der Waals surface area (Å²) in [5, 5.41) is 12.3. The fourth-order valence-corrected chi connectivity index (χ4v) is 2.96. The molecule has 0 aliphatic carbocycles. The number of hydrogen-bond acceptors (Lipinski definition) is 4. The van der Waals surface area contributed by atoms with E-state index in [9.17, 15) is 9.90 Å². The lowest BCUT2D eigenvalue weighted by molar-refractivity contribution is 0.0848. The highest BCUT2D eigenvalue weighted by Crippen LogP contribution is 2.20. The zero-order valence-electron chi connectivity index (χ0n) is 13.5. The Kier molecular flexibility index (Phi) is 6.21. The highest BCUT2D eigenvalue weighted by atomic mass is 16.5. The number of carbonyl (C=O) groups is 1. The molecule has 0 radical (unpaired) electrons. The summed E-state index contributed by atoms with van der Waals surface area (Å²) in [4.78, 5) is 14.5. The van der Waals surface area contributed by atoms with E-state index in [2.05, 4.69) is 10.2 Å². The molecule has 1 saturated heterocycles. The number of aryl methyl sites for hydroxylation is 1. The van der Waals surface area contributed by atoms with Crippen molar-refractivity contribution in [2.45, 2.75) is 32.2 Å². The fourth-order valence-electron chi connectivity index (χ4n) is 2.96. The number of aliphatic hydroxyl groups is 1. The molecule has 1 aliphatic rings. The van der Waals surface area contributed by atoms with Crippen LogP contribution >= 0.6 is 0 Å². The second-order valence-corrected chi connectivity index (χ2v) is 5.83. The van der Waals surface area contributed by atoms with Gasteiger partial charge in [0.05, 0.1) is 19.3 Å². The first-order valence-electron chi connectivity index (χ1n) is 7.93. The molecule has 5 heteroatoms. The van der Waals surface area contributed by atoms with Crippen molar-refractivity contribution in [1.29, 1.82) is 0 Å². The minimum atomic E-state index is -0.116. The Balaban J connectivity index is 1.87. The van der Waals surface area contributed by atoms with Crippen molar-refractivity contribution in [3.8, 4) is 5.75 Å². The van der Waals surface area contributed by atoms with Crippen LogP contribution in [-0.2, 0) is 0 Å². The van der Waals surface area contributed by atoms with Gasteiger partial charge in [-0.3, -0.25) is 9.69 Å². The van der Waals surface area contributed by atoms with Crippen LogP contribution in [0.15, 0.2) is 18.2 Å². The lowest BCUT2D eigenvalue weighted by atomic mass is 10.0. The van der Waals surface area contributed by atoms with Gasteiger partial charge in [-0.05, 0) is 44.0 Å². The molecular formula is C17H26N2O3. The molecular weight excluding hydrogens is 280 g/mol. The van der Waals surface area contributed by atoms with Gasteiger partial charge in [-0.15, -0.1) is 0 Å². The summed E-state index contributed by atoms with van der Waals surface area (Å²) >= 11 is 0. The van der Waals surface area contributed by atoms with E-state index >= 15 is 0 Å². The predicted octanol–water partition coefficient (Wildman–Crippen LogP) is 1.58. The molecule has 0 saturated carbocycles. The standard InChI is InChI=1S/C17H26N2O3/c1-13-6-7-15(16(11-13)22-2)17(21)18-8-10-19-9-4-3-5-14(19)12-20/h6-7,11,14,20H,3-5,8-10,12H2,1-2H3,(H,18,21). The summed E-state index contributed by atoms with van der Waals surface area (Å²) in [6.07, 6.45) is 3.38. The molecule has 1 aromatic rings. The minimum Gasteiger partial charge on any atom is -0.496 e. The monoisotopic (exact) mass is 306 g/mol. The van der Waals surface area contributed by atoms with Gasteiger partial charge in [-0.1, -0.05) is 12.5 Å². The maximum absolute atomic E-state index is 12.3. The lowest BCUT2D eigenvalue weighted by Gasteiger charge is -2.34. The second-order valence-electron chi connectivity index (χ2n) is 5.83. The number of nitrogens with zero attached hydrogens (tertiary/aromatic N) is 1. The van der Waals surface area contributed by atoms with Crippen LogP contribution in [-0.4, -0.2) is 55.3 Å². The number of methoxy groups -OCH3 is 1. The molecule has 1 amide bonds. The molecule has 1 fully saturated rings. The van der Waals surface area contributed by atoms with Gasteiger partial charge in [0.1, 0.15) is 5.75 Å². The Bertz CT molecular complexity index is 505.